The monoisotopic (exact) mass is 233 g/mol. The molecule has 0 saturated carbocycles. The van der Waals surface area contributed by atoms with Gasteiger partial charge in [0.25, 0.3) is 0 Å². The Morgan fingerprint density at radius 2 is 1.88 bits per heavy atom. The third-order valence-electron chi connectivity index (χ3n) is 2.20. The Morgan fingerprint density at radius 3 is 2.44 bits per heavy atom. The third kappa shape index (κ3) is 2.66. The number of hydrogen-bond acceptors (Lipinski definition) is 4. The van der Waals surface area contributed by atoms with Crippen LogP contribution >= 0.6 is 0 Å². The Labute approximate surface area is 90.9 Å². The molecule has 1 rings (SSSR count). The summed E-state index contributed by atoms with van der Waals surface area (Å²) in [5, 5.41) is 28.2. The Kier molecular flexibility index (Phi) is 4.17. The van der Waals surface area contributed by atoms with Crippen LogP contribution in [-0.2, 0) is 0 Å². The summed E-state index contributed by atoms with van der Waals surface area (Å²) in [6.45, 7) is 0.108. The molecule has 0 fully saturated rings. The van der Waals surface area contributed by atoms with Crippen molar-refractivity contribution >= 4 is 0 Å². The Bertz CT molecular complexity index is 373. The second kappa shape index (κ2) is 5.20. The highest BCUT2D eigenvalue weighted by Crippen LogP contribution is 2.30. The molecule has 0 bridgehead atoms. The molecular weight excluding hydrogens is 220 g/mol. The number of nitrogens with two attached hydrogens (primary N) is 1. The topological polar surface area (TPSA) is 86.7 Å². The van der Waals surface area contributed by atoms with Gasteiger partial charge in [-0.1, -0.05) is 0 Å². The van der Waals surface area contributed by atoms with Gasteiger partial charge in [0.1, 0.15) is 11.9 Å². The molecule has 0 aliphatic carbocycles. The van der Waals surface area contributed by atoms with E-state index in [1.807, 2.05) is 0 Å². The van der Waals surface area contributed by atoms with Crippen LogP contribution in [0.3, 0.4) is 0 Å². The number of aliphatic hydroxyl groups excluding tert-OH is 2. The fraction of sp³-hybridized carbons (Fsp3) is 0.400. The molecule has 0 aliphatic rings. The number of phenols is 1. The molecule has 0 saturated heterocycles. The molecule has 0 spiro atoms. The van der Waals surface area contributed by atoms with Gasteiger partial charge in [-0.05, 0) is 19.0 Å². The largest absolute Gasteiger partial charge is 0.505 e. The van der Waals surface area contributed by atoms with Crippen molar-refractivity contribution in [3.63, 3.8) is 0 Å². The predicted octanol–water partition coefficient (Wildman–Crippen LogP) is 0.414. The van der Waals surface area contributed by atoms with Crippen LogP contribution in [0.1, 0.15) is 18.1 Å². The minimum absolute atomic E-state index is 0.0543. The lowest BCUT2D eigenvalue weighted by molar-refractivity contribution is 0.0132. The van der Waals surface area contributed by atoms with Gasteiger partial charge in [-0.15, -0.1) is 0 Å². The number of rotatable bonds is 4. The fourth-order valence-corrected chi connectivity index (χ4v) is 1.35. The summed E-state index contributed by atoms with van der Waals surface area (Å²) in [5.74, 6) is -3.00. The fourth-order valence-electron chi connectivity index (χ4n) is 1.35. The van der Waals surface area contributed by atoms with Crippen LogP contribution in [0.5, 0.6) is 5.75 Å². The van der Waals surface area contributed by atoms with Crippen LogP contribution < -0.4 is 5.73 Å². The van der Waals surface area contributed by atoms with Gasteiger partial charge < -0.3 is 21.1 Å². The Hall–Kier alpha value is -1.24. The molecule has 90 valence electrons. The maximum Gasteiger partial charge on any atom is 0.168 e. The quantitative estimate of drug-likeness (QED) is 0.606. The van der Waals surface area contributed by atoms with E-state index < -0.39 is 35.2 Å². The van der Waals surface area contributed by atoms with Crippen molar-refractivity contribution in [2.45, 2.75) is 18.6 Å². The minimum atomic E-state index is -1.58. The van der Waals surface area contributed by atoms with Crippen LogP contribution in [0.25, 0.3) is 0 Å². The molecule has 1 aromatic rings. The summed E-state index contributed by atoms with van der Waals surface area (Å²) < 4.78 is 25.8. The molecule has 6 heteroatoms. The van der Waals surface area contributed by atoms with Crippen molar-refractivity contribution in [3.8, 4) is 5.75 Å². The summed E-state index contributed by atoms with van der Waals surface area (Å²) >= 11 is 0. The van der Waals surface area contributed by atoms with Gasteiger partial charge >= 0.3 is 0 Å². The van der Waals surface area contributed by atoms with Gasteiger partial charge in [0, 0.05) is 11.6 Å². The summed E-state index contributed by atoms with van der Waals surface area (Å²) in [4.78, 5) is 0. The van der Waals surface area contributed by atoms with Crippen LogP contribution in [0.15, 0.2) is 12.1 Å². The standard InChI is InChI=1S/C10H13F2NO3/c11-5-3-6(9(15)7(12)4-5)10(16)8(14)1-2-13/h3-4,8,10,14-16H,1-2,13H2. The molecule has 0 aliphatic heterocycles. The van der Waals surface area contributed by atoms with Crippen LogP contribution in [-0.4, -0.2) is 28.0 Å². The van der Waals surface area contributed by atoms with Crippen LogP contribution in [0.2, 0.25) is 0 Å². The van der Waals surface area contributed by atoms with E-state index in [4.69, 9.17) is 5.73 Å². The average Bonchev–Trinajstić information content (AvgIpc) is 2.22. The highest BCUT2D eigenvalue weighted by Gasteiger charge is 2.23. The summed E-state index contributed by atoms with van der Waals surface area (Å²) in [5.41, 5.74) is 4.77. The highest BCUT2D eigenvalue weighted by atomic mass is 19.1. The number of phenolic OH excluding ortho intramolecular Hbond substituents is 1. The normalized spacial score (nSPS) is 14.8. The zero-order valence-electron chi connectivity index (χ0n) is 8.40. The summed E-state index contributed by atoms with van der Waals surface area (Å²) in [6, 6.07) is 1.25. The first-order chi connectivity index (χ1) is 7.47. The lowest BCUT2D eigenvalue weighted by Gasteiger charge is -2.18. The molecule has 4 nitrogen and oxygen atoms in total. The van der Waals surface area contributed by atoms with Crippen molar-refractivity contribution < 1.29 is 24.1 Å². The molecule has 1 aromatic carbocycles. The van der Waals surface area contributed by atoms with E-state index in [0.29, 0.717) is 6.07 Å². The van der Waals surface area contributed by atoms with Gasteiger partial charge in [0.05, 0.1) is 6.10 Å². The highest BCUT2D eigenvalue weighted by molar-refractivity contribution is 5.36. The van der Waals surface area contributed by atoms with Crippen molar-refractivity contribution in [3.05, 3.63) is 29.3 Å². The SMILES string of the molecule is NCCC(O)C(O)c1cc(F)cc(F)c1O. The summed E-state index contributed by atoms with van der Waals surface area (Å²) in [7, 11) is 0. The molecule has 0 heterocycles. The first-order valence-corrected chi connectivity index (χ1v) is 4.71. The van der Waals surface area contributed by atoms with E-state index in [1.54, 1.807) is 0 Å². The van der Waals surface area contributed by atoms with Crippen LogP contribution in [0, 0.1) is 11.6 Å². The lowest BCUT2D eigenvalue weighted by Crippen LogP contribution is -2.22. The maximum absolute atomic E-state index is 12.9. The first-order valence-electron chi connectivity index (χ1n) is 4.71. The van der Waals surface area contributed by atoms with Gasteiger partial charge in [0.2, 0.25) is 0 Å². The first kappa shape index (κ1) is 12.8. The molecule has 0 radical (unpaired) electrons. The minimum Gasteiger partial charge on any atom is -0.505 e. The number of halogens is 2. The number of benzene rings is 1. The van der Waals surface area contributed by atoms with Crippen molar-refractivity contribution in [1.29, 1.82) is 0 Å². The molecule has 2 atom stereocenters. The van der Waals surface area contributed by atoms with E-state index in [2.05, 4.69) is 0 Å². The van der Waals surface area contributed by atoms with Crippen molar-refractivity contribution in [2.75, 3.05) is 6.54 Å². The zero-order chi connectivity index (χ0) is 12.3. The number of hydrogen-bond donors (Lipinski definition) is 4. The second-order valence-corrected chi connectivity index (χ2v) is 3.41. The molecule has 2 unspecified atom stereocenters. The summed E-state index contributed by atoms with van der Waals surface area (Å²) in [6.07, 6.45) is -2.80. The van der Waals surface area contributed by atoms with E-state index >= 15 is 0 Å². The third-order valence-corrected chi connectivity index (χ3v) is 2.20. The Morgan fingerprint density at radius 1 is 1.25 bits per heavy atom. The zero-order valence-corrected chi connectivity index (χ0v) is 8.40. The van der Waals surface area contributed by atoms with E-state index in [9.17, 15) is 24.1 Å². The van der Waals surface area contributed by atoms with Gasteiger partial charge in [-0.3, -0.25) is 0 Å². The Balaban J connectivity index is 3.03. The lowest BCUT2D eigenvalue weighted by atomic mass is 10.0. The predicted molar refractivity (Wildman–Crippen MR) is 52.7 cm³/mol. The van der Waals surface area contributed by atoms with Crippen molar-refractivity contribution in [2.24, 2.45) is 5.73 Å². The average molecular weight is 233 g/mol. The maximum atomic E-state index is 12.9. The van der Waals surface area contributed by atoms with Crippen molar-refractivity contribution in [1.82, 2.24) is 0 Å². The number of aliphatic hydroxyl groups is 2. The van der Waals surface area contributed by atoms with Gasteiger partial charge in [-0.25, -0.2) is 8.78 Å². The van der Waals surface area contributed by atoms with Gasteiger partial charge in [-0.2, -0.15) is 0 Å². The second-order valence-electron chi connectivity index (χ2n) is 3.41. The molecule has 5 N–H and O–H groups in total. The molecule has 16 heavy (non-hydrogen) atoms. The molecule has 0 aromatic heterocycles. The molecule has 0 amide bonds. The number of aromatic hydroxyl groups is 1. The van der Waals surface area contributed by atoms with E-state index in [-0.39, 0.29) is 13.0 Å². The van der Waals surface area contributed by atoms with E-state index in [0.717, 1.165) is 6.07 Å². The van der Waals surface area contributed by atoms with Crippen LogP contribution in [0.4, 0.5) is 8.78 Å². The van der Waals surface area contributed by atoms with Gasteiger partial charge in [0.15, 0.2) is 11.6 Å². The molecular formula is C10H13F2NO3. The van der Waals surface area contributed by atoms with E-state index in [1.165, 1.54) is 0 Å². The smallest absolute Gasteiger partial charge is 0.168 e.